The van der Waals surface area contributed by atoms with Crippen molar-refractivity contribution in [2.24, 2.45) is 0 Å². The molecule has 1 N–H and O–H groups in total. The first-order valence-electron chi connectivity index (χ1n) is 7.85. The summed E-state index contributed by atoms with van der Waals surface area (Å²) in [4.78, 5) is 21.1. The molecule has 4 rings (SSSR count). The number of thiophene rings is 1. The maximum atomic E-state index is 13.3. The van der Waals surface area contributed by atoms with E-state index in [2.05, 4.69) is 16.4 Å². The molecule has 0 aliphatic carbocycles. The zero-order valence-corrected chi connectivity index (χ0v) is 14.8. The van der Waals surface area contributed by atoms with Crippen molar-refractivity contribution in [3.05, 3.63) is 26.9 Å². The quantitative estimate of drug-likeness (QED) is 0.885. The Morgan fingerprint density at radius 2 is 2.33 bits per heavy atom. The number of nitrogens with one attached hydrogen (secondary N) is 1. The van der Waals surface area contributed by atoms with Crippen LogP contribution in [-0.4, -0.2) is 40.8 Å². The summed E-state index contributed by atoms with van der Waals surface area (Å²) in [7, 11) is 0. The van der Waals surface area contributed by atoms with E-state index in [1.165, 1.54) is 4.88 Å². The Bertz CT molecular complexity index is 786. The van der Waals surface area contributed by atoms with Crippen molar-refractivity contribution in [1.29, 1.82) is 0 Å². The molecule has 128 valence electrons. The highest BCUT2D eigenvalue weighted by molar-refractivity contribution is 7.16. The Labute approximate surface area is 146 Å². The molecule has 0 spiro atoms. The number of thiazole rings is 1. The third kappa shape index (κ3) is 2.98. The minimum atomic E-state index is -2.78. The predicted octanol–water partition coefficient (Wildman–Crippen LogP) is 3.06. The average molecular weight is 369 g/mol. The minimum absolute atomic E-state index is 0.213. The van der Waals surface area contributed by atoms with Gasteiger partial charge in [-0.05, 0) is 25.0 Å². The summed E-state index contributed by atoms with van der Waals surface area (Å²) in [6.07, 6.45) is 0.375. The zero-order chi connectivity index (χ0) is 16.9. The SMILES string of the molecule is Cc1nc(-c2cc3c(s2)CCN(C(=O)C2CC(F)(F)CN2)C3)cs1. The Hall–Kier alpha value is -1.38. The van der Waals surface area contributed by atoms with Crippen molar-refractivity contribution in [3.63, 3.8) is 0 Å². The van der Waals surface area contributed by atoms with E-state index in [9.17, 15) is 13.6 Å². The molecule has 1 fully saturated rings. The number of rotatable bonds is 2. The highest BCUT2D eigenvalue weighted by atomic mass is 32.1. The van der Waals surface area contributed by atoms with Gasteiger partial charge in [0.15, 0.2) is 0 Å². The van der Waals surface area contributed by atoms with Crippen molar-refractivity contribution in [2.45, 2.75) is 38.3 Å². The van der Waals surface area contributed by atoms with Crippen LogP contribution in [-0.2, 0) is 17.8 Å². The lowest BCUT2D eigenvalue weighted by Gasteiger charge is -2.29. The number of halogens is 2. The van der Waals surface area contributed by atoms with Crippen LogP contribution in [0.2, 0.25) is 0 Å². The summed E-state index contributed by atoms with van der Waals surface area (Å²) in [5, 5.41) is 5.73. The molecule has 0 saturated carbocycles. The molecular weight excluding hydrogens is 352 g/mol. The molecule has 8 heteroatoms. The van der Waals surface area contributed by atoms with Crippen LogP contribution in [0.1, 0.15) is 21.9 Å². The predicted molar refractivity (Wildman–Crippen MR) is 90.6 cm³/mol. The maximum Gasteiger partial charge on any atom is 0.262 e. The molecule has 2 aliphatic heterocycles. The van der Waals surface area contributed by atoms with Crippen LogP contribution < -0.4 is 5.32 Å². The van der Waals surface area contributed by atoms with Gasteiger partial charge < -0.3 is 4.90 Å². The van der Waals surface area contributed by atoms with Gasteiger partial charge in [0.25, 0.3) is 5.92 Å². The van der Waals surface area contributed by atoms with E-state index in [4.69, 9.17) is 0 Å². The van der Waals surface area contributed by atoms with Gasteiger partial charge in [-0.25, -0.2) is 13.8 Å². The number of amides is 1. The zero-order valence-electron chi connectivity index (χ0n) is 13.1. The number of carbonyl (C=O) groups is 1. The van der Waals surface area contributed by atoms with E-state index in [0.717, 1.165) is 27.6 Å². The average Bonchev–Trinajstić information content (AvgIpc) is 3.23. The molecule has 1 amide bonds. The number of fused-ring (bicyclic) bond motifs is 1. The first-order chi connectivity index (χ1) is 11.4. The number of alkyl halides is 2. The van der Waals surface area contributed by atoms with Gasteiger partial charge in [-0.1, -0.05) is 0 Å². The number of aryl methyl sites for hydroxylation is 1. The molecule has 0 aromatic carbocycles. The Kier molecular flexibility index (Phi) is 3.93. The van der Waals surface area contributed by atoms with Crippen LogP contribution in [0.15, 0.2) is 11.4 Å². The van der Waals surface area contributed by atoms with Gasteiger partial charge in [-0.15, -0.1) is 22.7 Å². The fourth-order valence-corrected chi connectivity index (χ4v) is 5.05. The Balaban J connectivity index is 1.50. The molecule has 2 aromatic heterocycles. The van der Waals surface area contributed by atoms with Crippen molar-refractivity contribution >= 4 is 28.6 Å². The molecule has 2 aromatic rings. The summed E-state index contributed by atoms with van der Waals surface area (Å²) in [6.45, 7) is 2.66. The van der Waals surface area contributed by atoms with E-state index >= 15 is 0 Å². The Morgan fingerprint density at radius 1 is 1.50 bits per heavy atom. The van der Waals surface area contributed by atoms with Crippen LogP contribution in [0.3, 0.4) is 0 Å². The first-order valence-corrected chi connectivity index (χ1v) is 9.55. The smallest absolute Gasteiger partial charge is 0.262 e. The normalized spacial score (nSPS) is 22.6. The standard InChI is InChI=1S/C16H17F2N3OS2/c1-9-20-12(7-23-9)14-4-10-6-21(3-2-13(10)24-14)15(22)11-5-16(17,18)8-19-11/h4,7,11,19H,2-3,5-6,8H2,1H3. The highest BCUT2D eigenvalue weighted by Crippen LogP contribution is 2.35. The Morgan fingerprint density at radius 3 is 3.00 bits per heavy atom. The second-order valence-corrected chi connectivity index (χ2v) is 8.51. The van der Waals surface area contributed by atoms with Crippen LogP contribution >= 0.6 is 22.7 Å². The largest absolute Gasteiger partial charge is 0.337 e. The highest BCUT2D eigenvalue weighted by Gasteiger charge is 2.43. The van der Waals surface area contributed by atoms with Gasteiger partial charge >= 0.3 is 0 Å². The fourth-order valence-electron chi connectivity index (χ4n) is 3.23. The summed E-state index contributed by atoms with van der Waals surface area (Å²) < 4.78 is 26.6. The van der Waals surface area contributed by atoms with E-state index in [1.807, 2.05) is 12.3 Å². The van der Waals surface area contributed by atoms with E-state index in [0.29, 0.717) is 13.1 Å². The number of nitrogens with zero attached hydrogens (tertiary/aromatic N) is 2. The van der Waals surface area contributed by atoms with Gasteiger partial charge in [0.05, 0.1) is 28.2 Å². The molecule has 1 saturated heterocycles. The molecule has 1 unspecified atom stereocenters. The third-order valence-electron chi connectivity index (χ3n) is 4.46. The molecule has 1 atom stereocenters. The molecule has 24 heavy (non-hydrogen) atoms. The fraction of sp³-hybridized carbons (Fsp3) is 0.500. The molecule has 0 radical (unpaired) electrons. The second-order valence-electron chi connectivity index (χ2n) is 6.31. The molecule has 2 aliphatic rings. The van der Waals surface area contributed by atoms with Crippen molar-refractivity contribution in [1.82, 2.24) is 15.2 Å². The number of carbonyl (C=O) groups excluding carboxylic acids is 1. The van der Waals surface area contributed by atoms with Crippen LogP contribution in [0.5, 0.6) is 0 Å². The molecule has 4 nitrogen and oxygen atoms in total. The third-order valence-corrected chi connectivity index (χ3v) is 6.49. The lowest BCUT2D eigenvalue weighted by Crippen LogP contribution is -2.45. The van der Waals surface area contributed by atoms with E-state index in [1.54, 1.807) is 27.6 Å². The lowest BCUT2D eigenvalue weighted by molar-refractivity contribution is -0.134. The molecule has 4 heterocycles. The number of hydrogen-bond acceptors (Lipinski definition) is 5. The number of aromatic nitrogens is 1. The van der Waals surface area contributed by atoms with Gasteiger partial charge in [-0.2, -0.15) is 0 Å². The van der Waals surface area contributed by atoms with E-state index < -0.39 is 24.9 Å². The van der Waals surface area contributed by atoms with Gasteiger partial charge in [-0.3, -0.25) is 10.1 Å². The van der Waals surface area contributed by atoms with Crippen molar-refractivity contribution < 1.29 is 13.6 Å². The van der Waals surface area contributed by atoms with Gasteiger partial charge in [0.1, 0.15) is 0 Å². The molecule has 0 bridgehead atoms. The molecular formula is C16H17F2N3OS2. The summed E-state index contributed by atoms with van der Waals surface area (Å²) in [5.74, 6) is -2.99. The van der Waals surface area contributed by atoms with E-state index in [-0.39, 0.29) is 5.91 Å². The van der Waals surface area contributed by atoms with Crippen LogP contribution in [0, 0.1) is 6.92 Å². The second kappa shape index (κ2) is 5.86. The first kappa shape index (κ1) is 16.1. The maximum absolute atomic E-state index is 13.3. The summed E-state index contributed by atoms with van der Waals surface area (Å²) in [5.41, 5.74) is 2.09. The van der Waals surface area contributed by atoms with Crippen molar-refractivity contribution in [3.8, 4) is 10.6 Å². The van der Waals surface area contributed by atoms with Crippen LogP contribution in [0.4, 0.5) is 8.78 Å². The summed E-state index contributed by atoms with van der Waals surface area (Å²) >= 11 is 3.34. The minimum Gasteiger partial charge on any atom is -0.337 e. The summed E-state index contributed by atoms with van der Waals surface area (Å²) in [6, 6.07) is 1.32. The van der Waals surface area contributed by atoms with Crippen LogP contribution in [0.25, 0.3) is 10.6 Å². The topological polar surface area (TPSA) is 45.2 Å². The van der Waals surface area contributed by atoms with Gasteiger partial charge in [0.2, 0.25) is 5.91 Å². The monoisotopic (exact) mass is 369 g/mol. The lowest BCUT2D eigenvalue weighted by atomic mass is 10.1. The van der Waals surface area contributed by atoms with Gasteiger partial charge in [0, 0.05) is 29.8 Å². The number of hydrogen-bond donors (Lipinski definition) is 1. The van der Waals surface area contributed by atoms with Crippen molar-refractivity contribution in [2.75, 3.05) is 13.1 Å².